The highest BCUT2D eigenvalue weighted by Gasteiger charge is 2.01. The summed E-state index contributed by atoms with van der Waals surface area (Å²) in [7, 11) is 0. The summed E-state index contributed by atoms with van der Waals surface area (Å²) in [5, 5.41) is 0. The first kappa shape index (κ1) is 5.24. The van der Waals surface area contributed by atoms with Crippen LogP contribution in [0.4, 0.5) is 0 Å². The zero-order valence-corrected chi connectivity index (χ0v) is 4.41. The molecule has 0 spiro atoms. The smallest absolute Gasteiger partial charge is 0.216 e. The van der Waals surface area contributed by atoms with Crippen LogP contribution in [0.15, 0.2) is 9.98 Å². The quantitative estimate of drug-likeness (QED) is 0.424. The van der Waals surface area contributed by atoms with E-state index >= 15 is 0 Å². The Kier molecular flexibility index (Phi) is 1.26. The molecule has 0 fully saturated rings. The number of nitrogens with zero attached hydrogens (tertiary/aromatic N) is 2. The highest BCUT2D eigenvalue weighted by molar-refractivity contribution is 5.88. The van der Waals surface area contributed by atoms with Crippen LogP contribution in [0.5, 0.6) is 0 Å². The summed E-state index contributed by atoms with van der Waals surface area (Å²) >= 11 is 0. The molecule has 4 N–H and O–H groups in total. The van der Waals surface area contributed by atoms with E-state index in [4.69, 9.17) is 11.5 Å². The van der Waals surface area contributed by atoms with Crippen molar-refractivity contribution in [2.75, 3.05) is 0 Å². The van der Waals surface area contributed by atoms with E-state index in [9.17, 15) is 0 Å². The maximum absolute atomic E-state index is 5.37. The monoisotopic (exact) mass is 112 g/mol. The molecule has 1 aliphatic rings. The second-order valence-corrected chi connectivity index (χ2v) is 1.60. The molecule has 0 aromatic heterocycles. The molecule has 0 amide bonds. The average molecular weight is 112 g/mol. The standard InChI is InChI=1S/C4H8N4/c5-3-1-2-7-4(6)8-3/h2-3H,1,5H2,(H2,6,8). The van der Waals surface area contributed by atoms with Crippen LogP contribution in [0.25, 0.3) is 0 Å². The summed E-state index contributed by atoms with van der Waals surface area (Å²) in [6, 6.07) is 0. The predicted molar refractivity (Wildman–Crippen MR) is 32.7 cm³/mol. The van der Waals surface area contributed by atoms with Crippen molar-refractivity contribution in [2.24, 2.45) is 21.5 Å². The summed E-state index contributed by atoms with van der Waals surface area (Å²) < 4.78 is 0. The number of hydrogen-bond acceptors (Lipinski definition) is 4. The molecule has 0 saturated carbocycles. The number of hydrogen-bond donors (Lipinski definition) is 2. The Morgan fingerprint density at radius 1 is 1.75 bits per heavy atom. The molecule has 4 nitrogen and oxygen atoms in total. The lowest BCUT2D eigenvalue weighted by Crippen LogP contribution is -2.26. The van der Waals surface area contributed by atoms with Gasteiger partial charge in [0.25, 0.3) is 0 Å². The van der Waals surface area contributed by atoms with Crippen LogP contribution in [0, 0.1) is 0 Å². The normalized spacial score (nSPS) is 27.6. The molecule has 0 aliphatic carbocycles. The number of nitrogens with two attached hydrogens (primary N) is 2. The topological polar surface area (TPSA) is 76.8 Å². The lowest BCUT2D eigenvalue weighted by Gasteiger charge is -2.05. The summed E-state index contributed by atoms with van der Waals surface area (Å²) in [5.74, 6) is 0.281. The Labute approximate surface area is 47.3 Å². The number of guanidine groups is 1. The van der Waals surface area contributed by atoms with Gasteiger partial charge in [-0.05, 0) is 0 Å². The molecule has 0 aromatic rings. The minimum atomic E-state index is -0.174. The van der Waals surface area contributed by atoms with Crippen LogP contribution >= 0.6 is 0 Å². The Balaban J connectivity index is 2.63. The first-order valence-electron chi connectivity index (χ1n) is 2.40. The van der Waals surface area contributed by atoms with Gasteiger partial charge in [-0.2, -0.15) is 0 Å². The van der Waals surface area contributed by atoms with E-state index < -0.39 is 0 Å². The molecule has 4 heteroatoms. The molecular weight excluding hydrogens is 104 g/mol. The first-order chi connectivity index (χ1) is 3.79. The molecule has 1 atom stereocenters. The fraction of sp³-hybridized carbons (Fsp3) is 0.500. The van der Waals surface area contributed by atoms with E-state index in [0.29, 0.717) is 6.42 Å². The maximum atomic E-state index is 5.37. The van der Waals surface area contributed by atoms with Gasteiger partial charge >= 0.3 is 0 Å². The SMILES string of the molecule is NC1=NC(N)CC=N1. The Morgan fingerprint density at radius 3 is 2.88 bits per heavy atom. The zero-order valence-electron chi connectivity index (χ0n) is 4.41. The molecule has 8 heavy (non-hydrogen) atoms. The van der Waals surface area contributed by atoms with Gasteiger partial charge in [-0.3, -0.25) is 0 Å². The van der Waals surface area contributed by atoms with Crippen molar-refractivity contribution < 1.29 is 0 Å². The van der Waals surface area contributed by atoms with Gasteiger partial charge in [-0.25, -0.2) is 9.98 Å². The van der Waals surface area contributed by atoms with E-state index in [-0.39, 0.29) is 12.1 Å². The van der Waals surface area contributed by atoms with Crippen molar-refractivity contribution in [3.05, 3.63) is 0 Å². The fourth-order valence-electron chi connectivity index (χ4n) is 0.510. The van der Waals surface area contributed by atoms with E-state index in [1.54, 1.807) is 6.21 Å². The van der Waals surface area contributed by atoms with Gasteiger partial charge in [-0.15, -0.1) is 0 Å². The van der Waals surface area contributed by atoms with Crippen LogP contribution in [0.3, 0.4) is 0 Å². The number of rotatable bonds is 0. The van der Waals surface area contributed by atoms with Gasteiger partial charge < -0.3 is 11.5 Å². The third-order valence-electron chi connectivity index (χ3n) is 0.869. The molecule has 0 aromatic carbocycles. The van der Waals surface area contributed by atoms with Gasteiger partial charge in [0.2, 0.25) is 5.96 Å². The third kappa shape index (κ3) is 1.04. The van der Waals surface area contributed by atoms with E-state index in [0.717, 1.165) is 0 Å². The summed E-state index contributed by atoms with van der Waals surface area (Å²) in [6.45, 7) is 0. The average Bonchev–Trinajstić information content (AvgIpc) is 1.64. The lowest BCUT2D eigenvalue weighted by molar-refractivity contribution is 0.737. The zero-order chi connectivity index (χ0) is 5.98. The molecule has 1 unspecified atom stereocenters. The highest BCUT2D eigenvalue weighted by Crippen LogP contribution is 1.92. The van der Waals surface area contributed by atoms with Crippen LogP contribution in [-0.2, 0) is 0 Å². The van der Waals surface area contributed by atoms with Gasteiger partial charge in [0.1, 0.15) is 6.17 Å². The van der Waals surface area contributed by atoms with Gasteiger partial charge in [-0.1, -0.05) is 0 Å². The largest absolute Gasteiger partial charge is 0.368 e. The van der Waals surface area contributed by atoms with Crippen LogP contribution in [0.2, 0.25) is 0 Å². The highest BCUT2D eigenvalue weighted by atomic mass is 15.1. The first-order valence-corrected chi connectivity index (χ1v) is 2.40. The van der Waals surface area contributed by atoms with Crippen molar-refractivity contribution in [3.63, 3.8) is 0 Å². The third-order valence-corrected chi connectivity index (χ3v) is 0.869. The fourth-order valence-corrected chi connectivity index (χ4v) is 0.510. The summed E-state index contributed by atoms with van der Waals surface area (Å²) in [4.78, 5) is 7.46. The van der Waals surface area contributed by atoms with Gasteiger partial charge in [0.05, 0.1) is 0 Å². The van der Waals surface area contributed by atoms with E-state index in [2.05, 4.69) is 9.98 Å². The van der Waals surface area contributed by atoms with Crippen molar-refractivity contribution in [2.45, 2.75) is 12.6 Å². The molecule has 1 rings (SSSR count). The second-order valence-electron chi connectivity index (χ2n) is 1.60. The Bertz CT molecular complexity index is 137. The van der Waals surface area contributed by atoms with E-state index in [1.807, 2.05) is 0 Å². The van der Waals surface area contributed by atoms with Crippen molar-refractivity contribution in [1.82, 2.24) is 0 Å². The minimum Gasteiger partial charge on any atom is -0.368 e. The van der Waals surface area contributed by atoms with Gasteiger partial charge in [0.15, 0.2) is 0 Å². The van der Waals surface area contributed by atoms with Crippen molar-refractivity contribution in [3.8, 4) is 0 Å². The molecule has 0 saturated heterocycles. The van der Waals surface area contributed by atoms with Crippen molar-refractivity contribution in [1.29, 1.82) is 0 Å². The van der Waals surface area contributed by atoms with Crippen LogP contribution in [0.1, 0.15) is 6.42 Å². The van der Waals surface area contributed by atoms with Gasteiger partial charge in [0, 0.05) is 12.6 Å². The summed E-state index contributed by atoms with van der Waals surface area (Å²) in [6.07, 6.45) is 2.20. The maximum Gasteiger partial charge on any atom is 0.216 e. The van der Waals surface area contributed by atoms with E-state index in [1.165, 1.54) is 0 Å². The van der Waals surface area contributed by atoms with Crippen molar-refractivity contribution >= 4 is 12.2 Å². The Morgan fingerprint density at radius 2 is 2.50 bits per heavy atom. The lowest BCUT2D eigenvalue weighted by atomic mass is 10.4. The molecule has 0 bridgehead atoms. The molecule has 1 aliphatic heterocycles. The predicted octanol–water partition coefficient (Wildman–Crippen LogP) is -0.940. The second kappa shape index (κ2) is 1.92. The molecule has 44 valence electrons. The molecule has 0 radical (unpaired) electrons. The number of aliphatic imine (C=N–C) groups is 2. The van der Waals surface area contributed by atoms with Crippen LogP contribution in [-0.4, -0.2) is 18.3 Å². The van der Waals surface area contributed by atoms with Crippen LogP contribution < -0.4 is 11.5 Å². The Hall–Kier alpha value is -0.900. The molecular formula is C4H8N4. The summed E-state index contributed by atoms with van der Waals surface area (Å²) in [5.41, 5.74) is 10.6. The minimum absolute atomic E-state index is 0.174. The molecule has 1 heterocycles.